The standard InChI is InChI=1S/C13H25N3O/c1-3-15-7-8-16(10-11(15)2)13(17)9-12-5-4-6-14-12/h11-12,14H,3-10H2,1-2H3. The highest BCUT2D eigenvalue weighted by molar-refractivity contribution is 5.77. The molecule has 2 aliphatic rings. The molecule has 2 aliphatic heterocycles. The Bertz CT molecular complexity index is 263. The van der Waals surface area contributed by atoms with Crippen LogP contribution in [0.5, 0.6) is 0 Å². The van der Waals surface area contributed by atoms with Crippen molar-refractivity contribution in [2.45, 2.75) is 45.2 Å². The number of piperazine rings is 1. The molecule has 17 heavy (non-hydrogen) atoms. The number of carbonyl (C=O) groups excluding carboxylic acids is 1. The van der Waals surface area contributed by atoms with E-state index in [-0.39, 0.29) is 0 Å². The van der Waals surface area contributed by atoms with E-state index in [0.717, 1.165) is 39.1 Å². The fourth-order valence-electron chi connectivity index (χ4n) is 2.96. The minimum atomic E-state index is 0.340. The van der Waals surface area contributed by atoms with Gasteiger partial charge in [0.2, 0.25) is 5.91 Å². The molecular weight excluding hydrogens is 214 g/mol. The summed E-state index contributed by atoms with van der Waals surface area (Å²) in [7, 11) is 0. The first-order valence-corrected chi connectivity index (χ1v) is 6.96. The molecular formula is C13H25N3O. The topological polar surface area (TPSA) is 35.6 Å². The zero-order chi connectivity index (χ0) is 12.3. The predicted octanol–water partition coefficient (Wildman–Crippen LogP) is 0.681. The van der Waals surface area contributed by atoms with Crippen molar-refractivity contribution in [1.82, 2.24) is 15.1 Å². The molecule has 0 saturated carbocycles. The van der Waals surface area contributed by atoms with Gasteiger partial charge in [0.1, 0.15) is 0 Å². The van der Waals surface area contributed by atoms with Gasteiger partial charge < -0.3 is 10.2 Å². The Morgan fingerprint density at radius 3 is 2.82 bits per heavy atom. The number of nitrogens with one attached hydrogen (secondary N) is 1. The number of nitrogens with zero attached hydrogens (tertiary/aromatic N) is 2. The van der Waals surface area contributed by atoms with Crippen molar-refractivity contribution in [2.75, 3.05) is 32.7 Å². The fraction of sp³-hybridized carbons (Fsp3) is 0.923. The van der Waals surface area contributed by atoms with E-state index in [2.05, 4.69) is 29.0 Å². The molecule has 4 heteroatoms. The van der Waals surface area contributed by atoms with Crippen molar-refractivity contribution in [3.05, 3.63) is 0 Å². The van der Waals surface area contributed by atoms with Gasteiger partial charge in [0, 0.05) is 38.1 Å². The van der Waals surface area contributed by atoms with Crippen molar-refractivity contribution in [3.63, 3.8) is 0 Å². The van der Waals surface area contributed by atoms with Gasteiger partial charge in [-0.1, -0.05) is 6.92 Å². The maximum atomic E-state index is 12.2. The summed E-state index contributed by atoms with van der Waals surface area (Å²) in [6, 6.07) is 0.941. The number of hydrogen-bond acceptors (Lipinski definition) is 3. The van der Waals surface area contributed by atoms with E-state index in [1.54, 1.807) is 0 Å². The molecule has 2 heterocycles. The summed E-state index contributed by atoms with van der Waals surface area (Å²) in [5.74, 6) is 0.340. The van der Waals surface area contributed by atoms with Crippen molar-refractivity contribution in [3.8, 4) is 0 Å². The average Bonchev–Trinajstić information content (AvgIpc) is 2.81. The lowest BCUT2D eigenvalue weighted by molar-refractivity contribution is -0.134. The monoisotopic (exact) mass is 239 g/mol. The third-order valence-electron chi connectivity index (χ3n) is 4.11. The number of rotatable bonds is 3. The summed E-state index contributed by atoms with van der Waals surface area (Å²) in [6.45, 7) is 9.42. The van der Waals surface area contributed by atoms with E-state index >= 15 is 0 Å². The van der Waals surface area contributed by atoms with Gasteiger partial charge in [0.05, 0.1) is 0 Å². The van der Waals surface area contributed by atoms with E-state index in [4.69, 9.17) is 0 Å². The summed E-state index contributed by atoms with van der Waals surface area (Å²) in [5.41, 5.74) is 0. The van der Waals surface area contributed by atoms with Crippen LogP contribution in [0.4, 0.5) is 0 Å². The Morgan fingerprint density at radius 1 is 1.41 bits per heavy atom. The Morgan fingerprint density at radius 2 is 2.24 bits per heavy atom. The molecule has 0 aromatic carbocycles. The van der Waals surface area contributed by atoms with Crippen molar-refractivity contribution in [2.24, 2.45) is 0 Å². The molecule has 1 N–H and O–H groups in total. The highest BCUT2D eigenvalue weighted by atomic mass is 16.2. The second-order valence-corrected chi connectivity index (χ2v) is 5.31. The Hall–Kier alpha value is -0.610. The first-order chi connectivity index (χ1) is 8.20. The molecule has 2 atom stereocenters. The van der Waals surface area contributed by atoms with Gasteiger partial charge in [-0.2, -0.15) is 0 Å². The summed E-state index contributed by atoms with van der Waals surface area (Å²) in [5, 5.41) is 3.40. The SMILES string of the molecule is CCN1CCN(C(=O)CC2CCCN2)CC1C. The summed E-state index contributed by atoms with van der Waals surface area (Å²) in [6.07, 6.45) is 3.08. The van der Waals surface area contributed by atoms with Gasteiger partial charge in [-0.15, -0.1) is 0 Å². The zero-order valence-corrected chi connectivity index (χ0v) is 11.1. The Kier molecular flexibility index (Phi) is 4.40. The van der Waals surface area contributed by atoms with Crippen LogP contribution in [0.25, 0.3) is 0 Å². The third-order valence-corrected chi connectivity index (χ3v) is 4.11. The van der Waals surface area contributed by atoms with Gasteiger partial charge in [0.25, 0.3) is 0 Å². The molecule has 0 aliphatic carbocycles. The second-order valence-electron chi connectivity index (χ2n) is 5.31. The summed E-state index contributed by atoms with van der Waals surface area (Å²) in [4.78, 5) is 16.7. The number of carbonyl (C=O) groups is 1. The molecule has 4 nitrogen and oxygen atoms in total. The van der Waals surface area contributed by atoms with Crippen molar-refractivity contribution in [1.29, 1.82) is 0 Å². The van der Waals surface area contributed by atoms with Crippen LogP contribution in [0.1, 0.15) is 33.1 Å². The van der Waals surface area contributed by atoms with E-state index in [9.17, 15) is 4.79 Å². The molecule has 0 radical (unpaired) electrons. The van der Waals surface area contributed by atoms with E-state index in [1.165, 1.54) is 6.42 Å². The van der Waals surface area contributed by atoms with Crippen LogP contribution in [0.15, 0.2) is 0 Å². The maximum Gasteiger partial charge on any atom is 0.224 e. The predicted molar refractivity (Wildman–Crippen MR) is 68.9 cm³/mol. The van der Waals surface area contributed by atoms with Gasteiger partial charge >= 0.3 is 0 Å². The average molecular weight is 239 g/mol. The van der Waals surface area contributed by atoms with Crippen LogP contribution < -0.4 is 5.32 Å². The molecule has 0 bridgehead atoms. The van der Waals surface area contributed by atoms with Crippen LogP contribution in [0.2, 0.25) is 0 Å². The summed E-state index contributed by atoms with van der Waals surface area (Å²) >= 11 is 0. The number of hydrogen-bond donors (Lipinski definition) is 1. The maximum absolute atomic E-state index is 12.2. The quantitative estimate of drug-likeness (QED) is 0.787. The minimum Gasteiger partial charge on any atom is -0.340 e. The fourth-order valence-corrected chi connectivity index (χ4v) is 2.96. The zero-order valence-electron chi connectivity index (χ0n) is 11.1. The summed E-state index contributed by atoms with van der Waals surface area (Å²) < 4.78 is 0. The molecule has 2 rings (SSSR count). The molecule has 2 fully saturated rings. The van der Waals surface area contributed by atoms with Crippen LogP contribution in [0.3, 0.4) is 0 Å². The molecule has 1 amide bonds. The first kappa shape index (κ1) is 12.8. The highest BCUT2D eigenvalue weighted by Gasteiger charge is 2.27. The van der Waals surface area contributed by atoms with Gasteiger partial charge in [0.15, 0.2) is 0 Å². The number of amides is 1. The minimum absolute atomic E-state index is 0.340. The van der Waals surface area contributed by atoms with Gasteiger partial charge in [-0.05, 0) is 32.9 Å². The molecule has 0 aromatic rings. The third kappa shape index (κ3) is 3.19. The first-order valence-electron chi connectivity index (χ1n) is 6.96. The van der Waals surface area contributed by atoms with Crippen molar-refractivity contribution < 1.29 is 4.79 Å². The van der Waals surface area contributed by atoms with Crippen LogP contribution >= 0.6 is 0 Å². The van der Waals surface area contributed by atoms with Crippen molar-refractivity contribution >= 4 is 5.91 Å². The molecule has 0 aromatic heterocycles. The van der Waals surface area contributed by atoms with Crippen LogP contribution in [-0.2, 0) is 4.79 Å². The smallest absolute Gasteiger partial charge is 0.224 e. The molecule has 2 saturated heterocycles. The second kappa shape index (κ2) is 5.83. The van der Waals surface area contributed by atoms with E-state index in [1.807, 2.05) is 0 Å². The van der Waals surface area contributed by atoms with E-state index in [0.29, 0.717) is 24.4 Å². The lowest BCUT2D eigenvalue weighted by atomic mass is 10.1. The van der Waals surface area contributed by atoms with E-state index < -0.39 is 0 Å². The largest absolute Gasteiger partial charge is 0.340 e. The molecule has 2 unspecified atom stereocenters. The number of likely N-dealkylation sites (N-methyl/N-ethyl adjacent to an activating group) is 1. The Balaban J connectivity index is 1.80. The Labute approximate surface area is 104 Å². The lowest BCUT2D eigenvalue weighted by Gasteiger charge is -2.39. The molecule has 98 valence electrons. The van der Waals surface area contributed by atoms with Crippen LogP contribution in [-0.4, -0.2) is 60.5 Å². The van der Waals surface area contributed by atoms with Crippen LogP contribution in [0, 0.1) is 0 Å². The van der Waals surface area contributed by atoms with Gasteiger partial charge in [-0.3, -0.25) is 9.69 Å². The normalized spacial score (nSPS) is 30.8. The van der Waals surface area contributed by atoms with Gasteiger partial charge in [-0.25, -0.2) is 0 Å². The highest BCUT2D eigenvalue weighted by Crippen LogP contribution is 2.14. The lowest BCUT2D eigenvalue weighted by Crippen LogP contribution is -2.53. The molecule has 0 spiro atoms.